The van der Waals surface area contributed by atoms with E-state index in [1.165, 1.54) is 0 Å². The molecule has 1 aromatic heterocycles. The van der Waals surface area contributed by atoms with Gasteiger partial charge in [0.15, 0.2) is 0 Å². The van der Waals surface area contributed by atoms with Crippen LogP contribution in [-0.2, 0) is 11.3 Å². The van der Waals surface area contributed by atoms with Gasteiger partial charge in [-0.05, 0) is 63.9 Å². The maximum absolute atomic E-state index is 12.9. The number of piperidine rings is 1. The van der Waals surface area contributed by atoms with Gasteiger partial charge in [-0.15, -0.1) is 0 Å². The largest absolute Gasteiger partial charge is 0.507 e. The van der Waals surface area contributed by atoms with Crippen molar-refractivity contribution in [2.45, 2.75) is 51.2 Å². The molecule has 7 heteroatoms. The second-order valence-corrected chi connectivity index (χ2v) is 8.78. The van der Waals surface area contributed by atoms with Crippen molar-refractivity contribution in [1.29, 1.82) is 0 Å². The average Bonchev–Trinajstić information content (AvgIpc) is 3.33. The number of nitrogens with one attached hydrogen (secondary N) is 1. The van der Waals surface area contributed by atoms with Crippen LogP contribution in [0.2, 0.25) is 0 Å². The lowest BCUT2D eigenvalue weighted by Crippen LogP contribution is -2.35. The molecule has 3 heterocycles. The number of pyridine rings is 1. The van der Waals surface area contributed by atoms with Crippen LogP contribution in [-0.4, -0.2) is 60.4 Å². The summed E-state index contributed by atoms with van der Waals surface area (Å²) in [7, 11) is 1.59. The number of amides is 1. The van der Waals surface area contributed by atoms with Crippen molar-refractivity contribution in [3.63, 3.8) is 0 Å². The Hall–Kier alpha value is -2.64. The van der Waals surface area contributed by atoms with Gasteiger partial charge in [0.25, 0.3) is 5.91 Å². The molecule has 0 bridgehead atoms. The predicted molar refractivity (Wildman–Crippen MR) is 122 cm³/mol. The third-order valence-corrected chi connectivity index (χ3v) is 6.48. The fraction of sp³-hybridized carbons (Fsp3) is 0.520. The first-order valence-corrected chi connectivity index (χ1v) is 11.5. The molecule has 2 aliphatic rings. The van der Waals surface area contributed by atoms with Gasteiger partial charge in [-0.25, -0.2) is 0 Å². The van der Waals surface area contributed by atoms with Crippen molar-refractivity contribution < 1.29 is 19.4 Å². The lowest BCUT2D eigenvalue weighted by atomic mass is 9.89. The molecule has 0 aliphatic carbocycles. The first-order chi connectivity index (χ1) is 15.5. The molecule has 7 nitrogen and oxygen atoms in total. The molecule has 172 valence electrons. The molecule has 1 atom stereocenters. The number of rotatable bonds is 7. The molecule has 1 unspecified atom stereocenters. The number of phenolic OH excluding ortho intramolecular Hbond substituents is 1. The Morgan fingerprint density at radius 1 is 1.25 bits per heavy atom. The zero-order valence-electron chi connectivity index (χ0n) is 19.0. The number of aromatic nitrogens is 1. The van der Waals surface area contributed by atoms with Crippen LogP contribution in [0.15, 0.2) is 30.3 Å². The minimum Gasteiger partial charge on any atom is -0.507 e. The number of carbonyl (C=O) groups excluding carboxylic acids is 1. The number of ether oxygens (including phenoxy) is 2. The summed E-state index contributed by atoms with van der Waals surface area (Å²) in [5.74, 6) is 1.10. The molecule has 0 radical (unpaired) electrons. The van der Waals surface area contributed by atoms with E-state index in [0.29, 0.717) is 24.4 Å². The molecule has 2 N–H and O–H groups in total. The van der Waals surface area contributed by atoms with Crippen molar-refractivity contribution in [3.8, 4) is 11.5 Å². The van der Waals surface area contributed by atoms with Crippen molar-refractivity contribution in [2.24, 2.45) is 0 Å². The van der Waals surface area contributed by atoms with Crippen LogP contribution in [0.3, 0.4) is 0 Å². The molecule has 0 spiro atoms. The van der Waals surface area contributed by atoms with Crippen LogP contribution in [0.4, 0.5) is 0 Å². The Morgan fingerprint density at radius 2 is 2.06 bits per heavy atom. The van der Waals surface area contributed by atoms with E-state index >= 15 is 0 Å². The van der Waals surface area contributed by atoms with Gasteiger partial charge < -0.3 is 19.9 Å². The number of aryl methyl sites for hydroxylation is 1. The van der Waals surface area contributed by atoms with Crippen LogP contribution >= 0.6 is 0 Å². The number of hydrogen-bond donors (Lipinski definition) is 2. The number of methoxy groups -OCH3 is 1. The van der Waals surface area contributed by atoms with E-state index < -0.39 is 0 Å². The predicted octanol–water partition coefficient (Wildman–Crippen LogP) is 3.39. The molecule has 2 saturated heterocycles. The van der Waals surface area contributed by atoms with Gasteiger partial charge in [-0.2, -0.15) is 0 Å². The summed E-state index contributed by atoms with van der Waals surface area (Å²) in [4.78, 5) is 20.0. The summed E-state index contributed by atoms with van der Waals surface area (Å²) < 4.78 is 10.8. The molecule has 1 amide bonds. The van der Waals surface area contributed by atoms with Crippen molar-refractivity contribution in [2.75, 3.05) is 33.4 Å². The van der Waals surface area contributed by atoms with Crippen LogP contribution in [0, 0.1) is 6.92 Å². The molecule has 1 aromatic carbocycles. The fourth-order valence-electron chi connectivity index (χ4n) is 4.60. The highest BCUT2D eigenvalue weighted by Gasteiger charge is 2.27. The van der Waals surface area contributed by atoms with E-state index in [9.17, 15) is 9.90 Å². The zero-order valence-corrected chi connectivity index (χ0v) is 19.0. The van der Waals surface area contributed by atoms with E-state index in [1.807, 2.05) is 31.2 Å². The second kappa shape index (κ2) is 10.3. The van der Waals surface area contributed by atoms with E-state index in [1.54, 1.807) is 13.2 Å². The third kappa shape index (κ3) is 5.40. The number of hydrogen-bond acceptors (Lipinski definition) is 6. The molecule has 32 heavy (non-hydrogen) atoms. The van der Waals surface area contributed by atoms with E-state index in [2.05, 4.69) is 10.2 Å². The maximum Gasteiger partial charge on any atom is 0.253 e. The SMILES string of the molecule is COc1ccc(CN2CCC(c3nc(C)ccc3C(=O)NCC3CCCO3)CC2)c(O)c1. The number of nitrogens with zero attached hydrogens (tertiary/aromatic N) is 2. The maximum atomic E-state index is 12.9. The molecular weight excluding hydrogens is 406 g/mol. The lowest BCUT2D eigenvalue weighted by Gasteiger charge is -2.32. The Morgan fingerprint density at radius 3 is 2.75 bits per heavy atom. The van der Waals surface area contributed by atoms with Gasteiger partial charge >= 0.3 is 0 Å². The molecular formula is C25H33N3O4. The van der Waals surface area contributed by atoms with E-state index in [0.717, 1.165) is 62.3 Å². The first-order valence-electron chi connectivity index (χ1n) is 11.5. The smallest absolute Gasteiger partial charge is 0.253 e. The van der Waals surface area contributed by atoms with Gasteiger partial charge in [0.1, 0.15) is 11.5 Å². The summed E-state index contributed by atoms with van der Waals surface area (Å²) >= 11 is 0. The summed E-state index contributed by atoms with van der Waals surface area (Å²) in [6.45, 7) is 5.78. The summed E-state index contributed by atoms with van der Waals surface area (Å²) in [6, 6.07) is 9.26. The minimum atomic E-state index is -0.0615. The van der Waals surface area contributed by atoms with Crippen molar-refractivity contribution in [1.82, 2.24) is 15.2 Å². The van der Waals surface area contributed by atoms with Gasteiger partial charge in [0.05, 0.1) is 24.5 Å². The monoisotopic (exact) mass is 439 g/mol. The average molecular weight is 440 g/mol. The highest BCUT2D eigenvalue weighted by molar-refractivity contribution is 5.95. The molecule has 2 fully saturated rings. The number of benzene rings is 1. The normalized spacial score (nSPS) is 19.8. The third-order valence-electron chi connectivity index (χ3n) is 6.48. The second-order valence-electron chi connectivity index (χ2n) is 8.78. The minimum absolute atomic E-state index is 0.0615. The van der Waals surface area contributed by atoms with Crippen molar-refractivity contribution in [3.05, 3.63) is 52.8 Å². The van der Waals surface area contributed by atoms with Crippen LogP contribution in [0.25, 0.3) is 0 Å². The number of aromatic hydroxyl groups is 1. The van der Waals surface area contributed by atoms with Crippen LogP contribution in [0.5, 0.6) is 11.5 Å². The summed E-state index contributed by atoms with van der Waals surface area (Å²) in [5, 5.41) is 13.3. The highest BCUT2D eigenvalue weighted by atomic mass is 16.5. The van der Waals surface area contributed by atoms with E-state index in [4.69, 9.17) is 14.5 Å². The number of phenols is 1. The van der Waals surface area contributed by atoms with Gasteiger partial charge in [-0.3, -0.25) is 14.7 Å². The van der Waals surface area contributed by atoms with E-state index in [-0.39, 0.29) is 23.7 Å². The number of carbonyl (C=O) groups is 1. The zero-order chi connectivity index (χ0) is 22.5. The fourth-order valence-corrected chi connectivity index (χ4v) is 4.60. The Labute approximate surface area is 189 Å². The first kappa shape index (κ1) is 22.6. The van der Waals surface area contributed by atoms with Crippen molar-refractivity contribution >= 4 is 5.91 Å². The molecule has 2 aliphatic heterocycles. The van der Waals surface area contributed by atoms with Gasteiger partial charge in [0, 0.05) is 42.9 Å². The Balaban J connectivity index is 1.38. The number of likely N-dealkylation sites (tertiary alicyclic amines) is 1. The molecule has 4 rings (SSSR count). The Kier molecular flexibility index (Phi) is 7.27. The summed E-state index contributed by atoms with van der Waals surface area (Å²) in [6.07, 6.45) is 4.05. The summed E-state index contributed by atoms with van der Waals surface area (Å²) in [5.41, 5.74) is 3.41. The molecule has 0 saturated carbocycles. The van der Waals surface area contributed by atoms with Gasteiger partial charge in [0.2, 0.25) is 0 Å². The Bertz CT molecular complexity index is 935. The van der Waals surface area contributed by atoms with Crippen LogP contribution in [0.1, 0.15) is 58.9 Å². The standard InChI is InChI=1S/C25H33N3O4/c1-17-5-8-22(25(30)26-15-21-4-3-13-32-21)24(27-17)18-9-11-28(12-10-18)16-19-6-7-20(31-2)14-23(19)29/h5-8,14,18,21,29H,3-4,9-13,15-16H2,1-2H3,(H,26,30). The molecule has 2 aromatic rings. The van der Waals surface area contributed by atoms with Gasteiger partial charge in [-0.1, -0.05) is 6.07 Å². The highest BCUT2D eigenvalue weighted by Crippen LogP contribution is 2.31. The lowest BCUT2D eigenvalue weighted by molar-refractivity contribution is 0.0855. The van der Waals surface area contributed by atoms with Crippen LogP contribution < -0.4 is 10.1 Å². The topological polar surface area (TPSA) is 83.9 Å². The quantitative estimate of drug-likeness (QED) is 0.688.